The molecule has 0 aliphatic carbocycles. The van der Waals surface area contributed by atoms with Gasteiger partial charge in [0.1, 0.15) is 10.3 Å². The van der Waals surface area contributed by atoms with Crippen LogP contribution in [0.3, 0.4) is 0 Å². The van der Waals surface area contributed by atoms with Crippen LogP contribution in [0.2, 0.25) is 0 Å². The Kier molecular flexibility index (Phi) is 2.45. The van der Waals surface area contributed by atoms with E-state index in [1.807, 2.05) is 24.3 Å². The fourth-order valence-corrected chi connectivity index (χ4v) is 1.52. The molecule has 14 heavy (non-hydrogen) atoms. The quantitative estimate of drug-likeness (QED) is 0.791. The summed E-state index contributed by atoms with van der Waals surface area (Å²) in [6.07, 6.45) is 1.70. The summed E-state index contributed by atoms with van der Waals surface area (Å²) in [5.41, 5.74) is 7.91. The number of anilines is 1. The number of nitrogens with two attached hydrogens (primary N) is 1. The lowest BCUT2D eigenvalue weighted by Crippen LogP contribution is -1.94. The lowest BCUT2D eigenvalue weighted by molar-refractivity contribution is 1.22. The molecule has 0 bridgehead atoms. The second-order valence-electron chi connectivity index (χ2n) is 2.79. The van der Waals surface area contributed by atoms with E-state index >= 15 is 0 Å². The van der Waals surface area contributed by atoms with Crippen LogP contribution in [0.15, 0.2) is 41.1 Å². The number of aromatic nitrogens is 2. The first-order valence-electron chi connectivity index (χ1n) is 4.11. The van der Waals surface area contributed by atoms with Gasteiger partial charge in [-0.2, -0.15) is 0 Å². The molecule has 2 rings (SSSR count). The van der Waals surface area contributed by atoms with Crippen LogP contribution in [0.5, 0.6) is 0 Å². The third-order valence-corrected chi connectivity index (χ3v) is 2.24. The summed E-state index contributed by atoms with van der Waals surface area (Å²) in [5.74, 6) is 0. The molecular formula is C10H8BrN3. The summed E-state index contributed by atoms with van der Waals surface area (Å²) in [6, 6.07) is 9.26. The standard InChI is InChI=1S/C10H8BrN3/c11-9-5-1-4-8(14-9)10-7(12)3-2-6-13-10/h1-6H,12H2. The largest absolute Gasteiger partial charge is 0.397 e. The van der Waals surface area contributed by atoms with E-state index in [-0.39, 0.29) is 0 Å². The number of nitrogens with zero attached hydrogens (tertiary/aromatic N) is 2. The average Bonchev–Trinajstić information content (AvgIpc) is 2.18. The molecule has 70 valence electrons. The Morgan fingerprint density at radius 2 is 2.00 bits per heavy atom. The number of halogens is 1. The molecule has 2 heterocycles. The number of rotatable bonds is 1. The molecule has 0 aromatic carbocycles. The first-order chi connectivity index (χ1) is 6.77. The zero-order valence-corrected chi connectivity index (χ0v) is 8.90. The van der Waals surface area contributed by atoms with E-state index < -0.39 is 0 Å². The predicted molar refractivity (Wildman–Crippen MR) is 59.6 cm³/mol. The molecule has 0 unspecified atom stereocenters. The molecule has 0 radical (unpaired) electrons. The highest BCUT2D eigenvalue weighted by atomic mass is 79.9. The van der Waals surface area contributed by atoms with Gasteiger partial charge in [-0.25, -0.2) is 4.98 Å². The third kappa shape index (κ3) is 1.75. The van der Waals surface area contributed by atoms with Crippen molar-refractivity contribution in [3.8, 4) is 11.4 Å². The lowest BCUT2D eigenvalue weighted by Gasteiger charge is -2.02. The molecule has 0 aliphatic heterocycles. The maximum atomic E-state index is 5.78. The van der Waals surface area contributed by atoms with E-state index in [0.29, 0.717) is 11.4 Å². The third-order valence-electron chi connectivity index (χ3n) is 1.80. The van der Waals surface area contributed by atoms with Crippen LogP contribution >= 0.6 is 15.9 Å². The van der Waals surface area contributed by atoms with Crippen LogP contribution < -0.4 is 5.73 Å². The molecule has 0 fully saturated rings. The van der Waals surface area contributed by atoms with Crippen molar-refractivity contribution in [2.75, 3.05) is 5.73 Å². The van der Waals surface area contributed by atoms with Crippen LogP contribution in [0.25, 0.3) is 11.4 Å². The van der Waals surface area contributed by atoms with Crippen molar-refractivity contribution in [3.05, 3.63) is 41.1 Å². The van der Waals surface area contributed by atoms with E-state index in [1.165, 1.54) is 0 Å². The Morgan fingerprint density at radius 1 is 1.14 bits per heavy atom. The van der Waals surface area contributed by atoms with Crippen molar-refractivity contribution in [1.29, 1.82) is 0 Å². The summed E-state index contributed by atoms with van der Waals surface area (Å²) in [6.45, 7) is 0. The van der Waals surface area contributed by atoms with Gasteiger partial charge in [0.2, 0.25) is 0 Å². The van der Waals surface area contributed by atoms with Crippen LogP contribution in [0.1, 0.15) is 0 Å². The van der Waals surface area contributed by atoms with Gasteiger partial charge in [-0.15, -0.1) is 0 Å². The zero-order chi connectivity index (χ0) is 9.97. The Balaban J connectivity index is 2.55. The van der Waals surface area contributed by atoms with Crippen LogP contribution in [-0.2, 0) is 0 Å². The maximum absolute atomic E-state index is 5.78. The predicted octanol–water partition coefficient (Wildman–Crippen LogP) is 2.49. The van der Waals surface area contributed by atoms with E-state index in [2.05, 4.69) is 25.9 Å². The summed E-state index contributed by atoms with van der Waals surface area (Å²) >= 11 is 3.30. The summed E-state index contributed by atoms with van der Waals surface area (Å²) in [5, 5.41) is 0. The Hall–Kier alpha value is -1.42. The van der Waals surface area contributed by atoms with Gasteiger partial charge in [0, 0.05) is 6.20 Å². The summed E-state index contributed by atoms with van der Waals surface area (Å²) in [7, 11) is 0. The van der Waals surface area contributed by atoms with Crippen molar-refractivity contribution >= 4 is 21.6 Å². The Bertz CT molecular complexity index is 457. The molecule has 0 atom stereocenters. The fourth-order valence-electron chi connectivity index (χ4n) is 1.17. The minimum Gasteiger partial charge on any atom is -0.397 e. The van der Waals surface area contributed by atoms with Gasteiger partial charge in [0.05, 0.1) is 11.4 Å². The van der Waals surface area contributed by atoms with Gasteiger partial charge >= 0.3 is 0 Å². The minimum absolute atomic E-state index is 0.637. The summed E-state index contributed by atoms with van der Waals surface area (Å²) in [4.78, 5) is 8.46. The van der Waals surface area contributed by atoms with Gasteiger partial charge in [-0.3, -0.25) is 4.98 Å². The van der Waals surface area contributed by atoms with Crippen molar-refractivity contribution < 1.29 is 0 Å². The van der Waals surface area contributed by atoms with Crippen molar-refractivity contribution in [3.63, 3.8) is 0 Å². The molecule has 0 aliphatic rings. The van der Waals surface area contributed by atoms with Gasteiger partial charge in [0.25, 0.3) is 0 Å². The molecule has 0 spiro atoms. The van der Waals surface area contributed by atoms with E-state index in [1.54, 1.807) is 12.3 Å². The topological polar surface area (TPSA) is 51.8 Å². The molecule has 3 nitrogen and oxygen atoms in total. The molecule has 0 saturated carbocycles. The number of nitrogen functional groups attached to an aromatic ring is 1. The van der Waals surface area contributed by atoms with E-state index in [4.69, 9.17) is 5.73 Å². The van der Waals surface area contributed by atoms with Crippen LogP contribution in [-0.4, -0.2) is 9.97 Å². The van der Waals surface area contributed by atoms with Crippen molar-refractivity contribution in [2.24, 2.45) is 0 Å². The first-order valence-corrected chi connectivity index (χ1v) is 4.90. The maximum Gasteiger partial charge on any atom is 0.111 e. The highest BCUT2D eigenvalue weighted by Gasteiger charge is 2.04. The highest BCUT2D eigenvalue weighted by molar-refractivity contribution is 9.10. The number of hydrogen-bond acceptors (Lipinski definition) is 3. The Labute approximate surface area is 90.1 Å². The Morgan fingerprint density at radius 3 is 2.71 bits per heavy atom. The van der Waals surface area contributed by atoms with Crippen molar-refractivity contribution in [1.82, 2.24) is 9.97 Å². The summed E-state index contributed by atoms with van der Waals surface area (Å²) < 4.78 is 0.778. The lowest BCUT2D eigenvalue weighted by atomic mass is 10.2. The zero-order valence-electron chi connectivity index (χ0n) is 7.31. The van der Waals surface area contributed by atoms with Gasteiger partial charge in [-0.05, 0) is 40.2 Å². The number of hydrogen-bond donors (Lipinski definition) is 1. The smallest absolute Gasteiger partial charge is 0.111 e. The minimum atomic E-state index is 0.637. The monoisotopic (exact) mass is 249 g/mol. The molecule has 0 amide bonds. The normalized spacial score (nSPS) is 10.1. The molecule has 2 aromatic rings. The van der Waals surface area contributed by atoms with E-state index in [0.717, 1.165) is 10.3 Å². The molecule has 2 N–H and O–H groups in total. The van der Waals surface area contributed by atoms with Gasteiger partial charge in [0.15, 0.2) is 0 Å². The highest BCUT2D eigenvalue weighted by Crippen LogP contribution is 2.21. The van der Waals surface area contributed by atoms with Gasteiger partial charge in [-0.1, -0.05) is 6.07 Å². The first kappa shape index (κ1) is 9.15. The molecule has 4 heteroatoms. The SMILES string of the molecule is Nc1cccnc1-c1cccc(Br)n1. The van der Waals surface area contributed by atoms with Gasteiger partial charge < -0.3 is 5.73 Å². The molecule has 2 aromatic heterocycles. The second-order valence-corrected chi connectivity index (χ2v) is 3.60. The molecule has 0 saturated heterocycles. The molecular weight excluding hydrogens is 242 g/mol. The average molecular weight is 250 g/mol. The van der Waals surface area contributed by atoms with Crippen molar-refractivity contribution in [2.45, 2.75) is 0 Å². The van der Waals surface area contributed by atoms with E-state index in [9.17, 15) is 0 Å². The number of pyridine rings is 2. The fraction of sp³-hybridized carbons (Fsp3) is 0. The van der Waals surface area contributed by atoms with Crippen LogP contribution in [0.4, 0.5) is 5.69 Å². The van der Waals surface area contributed by atoms with Crippen LogP contribution in [0, 0.1) is 0 Å². The second kappa shape index (κ2) is 3.75.